The Kier molecular flexibility index (Phi) is 9.36. The van der Waals surface area contributed by atoms with E-state index in [1.54, 1.807) is 18.5 Å². The Morgan fingerprint density at radius 1 is 1.19 bits per heavy atom. The lowest BCUT2D eigenvalue weighted by molar-refractivity contribution is -0.137. The zero-order valence-electron chi connectivity index (χ0n) is 24.2. The van der Waals surface area contributed by atoms with Crippen LogP contribution in [0.4, 0.5) is 18.9 Å². The van der Waals surface area contributed by atoms with E-state index in [0.29, 0.717) is 56.3 Å². The molecule has 3 heterocycles. The predicted molar refractivity (Wildman–Crippen MR) is 154 cm³/mol. The molecule has 3 aromatic rings. The molecule has 1 aromatic carbocycles. The van der Waals surface area contributed by atoms with E-state index in [4.69, 9.17) is 4.74 Å². The highest BCUT2D eigenvalue weighted by Crippen LogP contribution is 2.40. The smallest absolute Gasteiger partial charge is 0.416 e. The number of likely N-dealkylation sites (N-methyl/N-ethyl adjacent to an activating group) is 1. The van der Waals surface area contributed by atoms with Gasteiger partial charge in [0.15, 0.2) is 0 Å². The first-order chi connectivity index (χ1) is 20.0. The Labute approximate surface area is 244 Å². The van der Waals surface area contributed by atoms with E-state index < -0.39 is 17.2 Å². The molecule has 1 aliphatic heterocycles. The highest BCUT2D eigenvalue weighted by atomic mass is 19.4. The molecule has 1 aliphatic rings. The van der Waals surface area contributed by atoms with Gasteiger partial charge < -0.3 is 19.9 Å². The van der Waals surface area contributed by atoms with Crippen LogP contribution in [-0.2, 0) is 16.4 Å². The summed E-state index contributed by atoms with van der Waals surface area (Å²) in [5.41, 5.74) is 0.748. The average Bonchev–Trinajstić information content (AvgIpc) is 2.99. The van der Waals surface area contributed by atoms with Crippen molar-refractivity contribution in [3.8, 4) is 23.2 Å². The number of rotatable bonds is 9. The molecule has 1 amide bonds. The van der Waals surface area contributed by atoms with Gasteiger partial charge in [-0.3, -0.25) is 9.78 Å². The largest absolute Gasteiger partial charge is 0.477 e. The lowest BCUT2D eigenvalue weighted by Crippen LogP contribution is -2.53. The zero-order chi connectivity index (χ0) is 30.5. The molecule has 0 saturated carbocycles. The minimum Gasteiger partial charge on any atom is -0.477 e. The van der Waals surface area contributed by atoms with E-state index in [9.17, 15) is 23.2 Å². The van der Waals surface area contributed by atoms with E-state index >= 15 is 0 Å². The van der Waals surface area contributed by atoms with E-state index in [1.165, 1.54) is 6.07 Å². The number of hydrogen-bond acceptors (Lipinski definition) is 7. The number of anilines is 1. The molecule has 0 aliphatic carbocycles. The standard InChI is InChI=1S/C31H35F3N6O2/c1-5-42-28-25(7-6-14-36-28)26-10-8-24(20-37-26)30(29(41)38-19-21(2)39(3)4)12-15-40(16-13-30)27-11-9-23(31(32,33)34)17-22(27)18-35/h6-11,14,17,20-21H,5,12-13,15-16,19H2,1-4H3,(H,38,41). The summed E-state index contributed by atoms with van der Waals surface area (Å²) in [5.74, 6) is 0.346. The van der Waals surface area contributed by atoms with Crippen molar-refractivity contribution < 1.29 is 22.7 Å². The number of pyridine rings is 2. The Balaban J connectivity index is 1.64. The lowest BCUT2D eigenvalue weighted by atomic mass is 9.72. The molecule has 8 nitrogen and oxygen atoms in total. The van der Waals surface area contributed by atoms with Crippen LogP contribution in [0.1, 0.15) is 43.4 Å². The fraction of sp³-hybridized carbons (Fsp3) is 0.419. The maximum Gasteiger partial charge on any atom is 0.416 e. The number of amides is 1. The number of piperidine rings is 1. The van der Waals surface area contributed by atoms with Crippen molar-refractivity contribution in [2.45, 2.75) is 44.3 Å². The molecule has 0 radical (unpaired) electrons. The van der Waals surface area contributed by atoms with Gasteiger partial charge in [-0.25, -0.2) is 4.98 Å². The monoisotopic (exact) mass is 580 g/mol. The Hall–Kier alpha value is -4.17. The van der Waals surface area contributed by atoms with Crippen molar-refractivity contribution in [3.05, 3.63) is 71.5 Å². The fourth-order valence-corrected chi connectivity index (χ4v) is 5.12. The van der Waals surface area contributed by atoms with Crippen molar-refractivity contribution in [1.29, 1.82) is 5.26 Å². The average molecular weight is 581 g/mol. The Morgan fingerprint density at radius 3 is 2.52 bits per heavy atom. The minimum atomic E-state index is -4.54. The number of hydrogen-bond donors (Lipinski definition) is 1. The molecule has 1 saturated heterocycles. The molecule has 222 valence electrons. The molecular formula is C31H35F3N6O2. The van der Waals surface area contributed by atoms with Crippen LogP contribution in [0.15, 0.2) is 54.9 Å². The SMILES string of the molecule is CCOc1ncccc1-c1ccc(C2(C(=O)NCC(C)N(C)C)CCN(c3ccc(C(F)(F)F)cc3C#N)CC2)cn1. The van der Waals surface area contributed by atoms with E-state index in [-0.39, 0.29) is 17.5 Å². The van der Waals surface area contributed by atoms with E-state index in [1.807, 2.05) is 62.0 Å². The number of ether oxygens (including phenoxy) is 1. The third-order valence-corrected chi connectivity index (χ3v) is 7.92. The first-order valence-corrected chi connectivity index (χ1v) is 13.9. The number of aromatic nitrogens is 2. The first-order valence-electron chi connectivity index (χ1n) is 13.9. The molecule has 0 spiro atoms. The van der Waals surface area contributed by atoms with Gasteiger partial charge in [0.1, 0.15) is 6.07 Å². The van der Waals surface area contributed by atoms with Gasteiger partial charge in [-0.2, -0.15) is 18.4 Å². The predicted octanol–water partition coefficient (Wildman–Crippen LogP) is 5.04. The molecule has 11 heteroatoms. The fourth-order valence-electron chi connectivity index (χ4n) is 5.12. The highest BCUT2D eigenvalue weighted by molar-refractivity contribution is 5.89. The highest BCUT2D eigenvalue weighted by Gasteiger charge is 2.44. The Bertz CT molecular complexity index is 1430. The van der Waals surface area contributed by atoms with Gasteiger partial charge in [-0.05, 0) is 82.7 Å². The summed E-state index contributed by atoms with van der Waals surface area (Å²) in [4.78, 5) is 26.8. The van der Waals surface area contributed by atoms with Crippen molar-refractivity contribution >= 4 is 11.6 Å². The van der Waals surface area contributed by atoms with Crippen molar-refractivity contribution in [3.63, 3.8) is 0 Å². The van der Waals surface area contributed by atoms with Gasteiger partial charge >= 0.3 is 6.18 Å². The van der Waals surface area contributed by atoms with Crippen LogP contribution < -0.4 is 15.0 Å². The number of carbonyl (C=O) groups excluding carboxylic acids is 1. The summed E-state index contributed by atoms with van der Waals surface area (Å²) in [7, 11) is 3.89. The van der Waals surface area contributed by atoms with Crippen LogP contribution in [-0.4, -0.2) is 67.2 Å². The molecule has 1 unspecified atom stereocenters. The number of alkyl halides is 3. The van der Waals surface area contributed by atoms with Crippen LogP contribution in [0.25, 0.3) is 11.3 Å². The molecule has 1 fully saturated rings. The van der Waals surface area contributed by atoms with Crippen LogP contribution in [0, 0.1) is 11.3 Å². The molecule has 1 atom stereocenters. The summed E-state index contributed by atoms with van der Waals surface area (Å²) >= 11 is 0. The summed E-state index contributed by atoms with van der Waals surface area (Å²) in [6.07, 6.45) is -0.402. The summed E-state index contributed by atoms with van der Waals surface area (Å²) < 4.78 is 45.4. The van der Waals surface area contributed by atoms with Gasteiger partial charge in [0, 0.05) is 38.1 Å². The number of nitriles is 1. The first kappa shape index (κ1) is 30.8. The molecule has 0 bridgehead atoms. The summed E-state index contributed by atoms with van der Waals surface area (Å²) in [6, 6.07) is 12.7. The number of halogens is 3. The van der Waals surface area contributed by atoms with Gasteiger partial charge in [-0.1, -0.05) is 6.07 Å². The van der Waals surface area contributed by atoms with E-state index in [2.05, 4.69) is 15.3 Å². The topological polar surface area (TPSA) is 94.4 Å². The van der Waals surface area contributed by atoms with Crippen molar-refractivity contribution in [2.24, 2.45) is 0 Å². The molecule has 4 rings (SSSR count). The van der Waals surface area contributed by atoms with Gasteiger partial charge in [0.25, 0.3) is 0 Å². The van der Waals surface area contributed by atoms with Crippen molar-refractivity contribution in [2.75, 3.05) is 45.2 Å². The molecule has 1 N–H and O–H groups in total. The van der Waals surface area contributed by atoms with Crippen LogP contribution in [0.5, 0.6) is 5.88 Å². The van der Waals surface area contributed by atoms with Crippen molar-refractivity contribution in [1.82, 2.24) is 20.2 Å². The second-order valence-corrected chi connectivity index (χ2v) is 10.7. The van der Waals surface area contributed by atoms with Crippen LogP contribution in [0.3, 0.4) is 0 Å². The summed E-state index contributed by atoms with van der Waals surface area (Å²) in [5, 5.41) is 12.7. The number of carbonyl (C=O) groups is 1. The maximum atomic E-state index is 13.9. The number of benzene rings is 1. The molecule has 2 aromatic heterocycles. The quantitative estimate of drug-likeness (QED) is 0.379. The Morgan fingerprint density at radius 2 is 1.93 bits per heavy atom. The molecular weight excluding hydrogens is 545 g/mol. The minimum absolute atomic E-state index is 0.0471. The zero-order valence-corrected chi connectivity index (χ0v) is 24.2. The third kappa shape index (κ3) is 6.49. The van der Waals surface area contributed by atoms with E-state index in [0.717, 1.165) is 23.3 Å². The number of nitrogens with zero attached hydrogens (tertiary/aromatic N) is 5. The second-order valence-electron chi connectivity index (χ2n) is 10.7. The van der Waals surface area contributed by atoms with Crippen LogP contribution >= 0.6 is 0 Å². The normalized spacial score (nSPS) is 15.6. The van der Waals surface area contributed by atoms with Gasteiger partial charge in [0.2, 0.25) is 11.8 Å². The second kappa shape index (κ2) is 12.8. The third-order valence-electron chi connectivity index (χ3n) is 7.92. The summed E-state index contributed by atoms with van der Waals surface area (Å²) in [6.45, 7) is 5.55. The number of nitrogens with one attached hydrogen (secondary N) is 1. The van der Waals surface area contributed by atoms with Gasteiger partial charge in [0.05, 0.1) is 40.1 Å². The van der Waals surface area contributed by atoms with Gasteiger partial charge in [-0.15, -0.1) is 0 Å². The molecule has 42 heavy (non-hydrogen) atoms. The maximum absolute atomic E-state index is 13.9. The lowest BCUT2D eigenvalue weighted by Gasteiger charge is -2.42. The van der Waals surface area contributed by atoms with Crippen LogP contribution in [0.2, 0.25) is 0 Å².